The number of carbonyl (C=O) groups is 1. The lowest BCUT2D eigenvalue weighted by atomic mass is 10.1. The van der Waals surface area contributed by atoms with E-state index in [1.807, 2.05) is 24.3 Å². The van der Waals surface area contributed by atoms with Crippen LogP contribution in [0.4, 0.5) is 18.3 Å². The number of imidazole rings is 1. The van der Waals surface area contributed by atoms with Crippen molar-refractivity contribution in [2.75, 3.05) is 5.32 Å². The Kier molecular flexibility index (Phi) is 4.48. The summed E-state index contributed by atoms with van der Waals surface area (Å²) >= 11 is 1.35. The van der Waals surface area contributed by atoms with Crippen LogP contribution in [0.15, 0.2) is 66.7 Å². The summed E-state index contributed by atoms with van der Waals surface area (Å²) in [6, 6.07) is 17.4. The van der Waals surface area contributed by atoms with Gasteiger partial charge in [0.15, 0.2) is 5.13 Å². The molecule has 0 atom stereocenters. The molecule has 0 aliphatic carbocycles. The van der Waals surface area contributed by atoms with Gasteiger partial charge in [-0.1, -0.05) is 41.7 Å². The molecule has 2 N–H and O–H groups in total. The van der Waals surface area contributed by atoms with Gasteiger partial charge in [0.05, 0.1) is 26.9 Å². The standard InChI is InChI=1S/C22H13F3N4OS/c23-22(24,25)13-6-3-5-12(11-13)19-26-16-9-4-7-14(18(16)28-19)20(30)29-21-27-15-8-1-2-10-17(15)31-21/h1-11H,(H,26,28)(H,27,29,30). The van der Waals surface area contributed by atoms with E-state index in [1.165, 1.54) is 23.5 Å². The number of nitrogens with one attached hydrogen (secondary N) is 2. The zero-order chi connectivity index (χ0) is 21.6. The Bertz CT molecular complexity index is 1400. The molecule has 0 fully saturated rings. The number of thiazole rings is 1. The number of nitrogens with zero attached hydrogens (tertiary/aromatic N) is 2. The summed E-state index contributed by atoms with van der Waals surface area (Å²) in [5.41, 5.74) is 1.51. The summed E-state index contributed by atoms with van der Waals surface area (Å²) in [5.74, 6) is -0.145. The van der Waals surface area contributed by atoms with Crippen molar-refractivity contribution in [3.63, 3.8) is 0 Å². The average Bonchev–Trinajstić information content (AvgIpc) is 3.36. The molecule has 0 bridgehead atoms. The fraction of sp³-hybridized carbons (Fsp3) is 0.0455. The molecule has 0 radical (unpaired) electrons. The number of anilines is 1. The van der Waals surface area contributed by atoms with E-state index in [2.05, 4.69) is 20.3 Å². The number of alkyl halides is 3. The topological polar surface area (TPSA) is 70.7 Å². The molecule has 0 aliphatic heterocycles. The van der Waals surface area contributed by atoms with E-state index in [4.69, 9.17) is 0 Å². The van der Waals surface area contributed by atoms with Gasteiger partial charge in [-0.25, -0.2) is 9.97 Å². The summed E-state index contributed by atoms with van der Waals surface area (Å²) in [7, 11) is 0. The van der Waals surface area contributed by atoms with Gasteiger partial charge in [0.25, 0.3) is 5.91 Å². The minimum atomic E-state index is -4.45. The van der Waals surface area contributed by atoms with Gasteiger partial charge in [0.1, 0.15) is 11.3 Å². The average molecular weight is 438 g/mol. The van der Waals surface area contributed by atoms with Crippen molar-refractivity contribution in [3.8, 4) is 11.4 Å². The predicted molar refractivity (Wildman–Crippen MR) is 114 cm³/mol. The Morgan fingerprint density at radius 2 is 1.77 bits per heavy atom. The number of aromatic nitrogens is 3. The Morgan fingerprint density at radius 1 is 0.968 bits per heavy atom. The van der Waals surface area contributed by atoms with Crippen molar-refractivity contribution in [3.05, 3.63) is 77.9 Å². The molecule has 0 unspecified atom stereocenters. The quantitative estimate of drug-likeness (QED) is 0.357. The van der Waals surface area contributed by atoms with Crippen molar-refractivity contribution in [2.45, 2.75) is 6.18 Å². The number of hydrogen-bond donors (Lipinski definition) is 2. The molecule has 0 spiro atoms. The van der Waals surface area contributed by atoms with Gasteiger partial charge in [-0.05, 0) is 36.4 Å². The second-order valence-electron chi connectivity index (χ2n) is 6.81. The summed E-state index contributed by atoms with van der Waals surface area (Å²) in [4.78, 5) is 24.7. The lowest BCUT2D eigenvalue weighted by Gasteiger charge is -2.07. The van der Waals surface area contributed by atoms with E-state index in [0.29, 0.717) is 21.7 Å². The van der Waals surface area contributed by atoms with Crippen molar-refractivity contribution in [1.29, 1.82) is 0 Å². The second-order valence-corrected chi connectivity index (χ2v) is 7.84. The van der Waals surface area contributed by atoms with Gasteiger partial charge in [0.2, 0.25) is 0 Å². The molecule has 5 nitrogen and oxygen atoms in total. The number of amides is 1. The number of aromatic amines is 1. The van der Waals surface area contributed by atoms with Crippen molar-refractivity contribution in [2.24, 2.45) is 0 Å². The normalized spacial score (nSPS) is 11.8. The molecule has 1 amide bonds. The third kappa shape index (κ3) is 3.64. The zero-order valence-corrected chi connectivity index (χ0v) is 16.5. The Hall–Kier alpha value is -3.72. The molecule has 2 aromatic heterocycles. The van der Waals surface area contributed by atoms with Crippen LogP contribution in [0.2, 0.25) is 0 Å². The molecule has 2 heterocycles. The zero-order valence-electron chi connectivity index (χ0n) is 15.7. The summed E-state index contributed by atoms with van der Waals surface area (Å²) in [6.07, 6.45) is -4.45. The van der Waals surface area contributed by atoms with Crippen LogP contribution in [0, 0.1) is 0 Å². The van der Waals surface area contributed by atoms with Crippen LogP contribution in [-0.4, -0.2) is 20.9 Å². The SMILES string of the molecule is O=C(Nc1nc2ccccc2s1)c1cccc2[nH]c(-c3cccc(C(F)(F)F)c3)nc12. The molecule has 9 heteroatoms. The molecule has 0 saturated heterocycles. The molecule has 3 aromatic carbocycles. The van der Waals surface area contributed by atoms with Gasteiger partial charge in [-0.2, -0.15) is 13.2 Å². The molecular weight excluding hydrogens is 425 g/mol. The van der Waals surface area contributed by atoms with Crippen LogP contribution < -0.4 is 5.32 Å². The fourth-order valence-corrected chi connectivity index (χ4v) is 4.15. The van der Waals surface area contributed by atoms with Crippen LogP contribution in [0.5, 0.6) is 0 Å². The monoisotopic (exact) mass is 438 g/mol. The van der Waals surface area contributed by atoms with E-state index in [0.717, 1.165) is 22.3 Å². The van der Waals surface area contributed by atoms with Gasteiger partial charge in [0, 0.05) is 5.56 Å². The number of hydrogen-bond acceptors (Lipinski definition) is 4. The molecule has 0 aliphatic rings. The number of carbonyl (C=O) groups excluding carboxylic acids is 1. The number of fused-ring (bicyclic) bond motifs is 2. The number of rotatable bonds is 3. The second kappa shape index (κ2) is 7.21. The molecule has 154 valence electrons. The maximum atomic E-state index is 13.1. The highest BCUT2D eigenvalue weighted by Crippen LogP contribution is 2.32. The van der Waals surface area contributed by atoms with Crippen LogP contribution in [0.25, 0.3) is 32.6 Å². The largest absolute Gasteiger partial charge is 0.416 e. The van der Waals surface area contributed by atoms with Crippen molar-refractivity contribution in [1.82, 2.24) is 15.0 Å². The number of benzene rings is 3. The van der Waals surface area contributed by atoms with Crippen molar-refractivity contribution >= 4 is 43.6 Å². The maximum Gasteiger partial charge on any atom is 0.416 e. The van der Waals surface area contributed by atoms with Crippen LogP contribution in [0.3, 0.4) is 0 Å². The molecule has 5 rings (SSSR count). The number of para-hydroxylation sites is 2. The molecule has 5 aromatic rings. The smallest absolute Gasteiger partial charge is 0.338 e. The fourth-order valence-electron chi connectivity index (χ4n) is 3.29. The molecule has 0 saturated carbocycles. The van der Waals surface area contributed by atoms with Crippen LogP contribution >= 0.6 is 11.3 Å². The summed E-state index contributed by atoms with van der Waals surface area (Å²) < 4.78 is 40.1. The van der Waals surface area contributed by atoms with E-state index < -0.39 is 17.6 Å². The third-order valence-corrected chi connectivity index (χ3v) is 5.69. The maximum absolute atomic E-state index is 13.1. The highest BCUT2D eigenvalue weighted by Gasteiger charge is 2.30. The van der Waals surface area contributed by atoms with Gasteiger partial charge in [-0.3, -0.25) is 10.1 Å². The highest BCUT2D eigenvalue weighted by molar-refractivity contribution is 7.22. The minimum Gasteiger partial charge on any atom is -0.338 e. The Balaban J connectivity index is 1.50. The van der Waals surface area contributed by atoms with Gasteiger partial charge >= 0.3 is 6.18 Å². The van der Waals surface area contributed by atoms with Gasteiger partial charge < -0.3 is 4.98 Å². The predicted octanol–water partition coefficient (Wildman–Crippen LogP) is 6.11. The Morgan fingerprint density at radius 3 is 2.58 bits per heavy atom. The van der Waals surface area contributed by atoms with Crippen LogP contribution in [-0.2, 0) is 6.18 Å². The lowest BCUT2D eigenvalue weighted by molar-refractivity contribution is -0.137. The van der Waals surface area contributed by atoms with Crippen LogP contribution in [0.1, 0.15) is 15.9 Å². The van der Waals surface area contributed by atoms with Crippen molar-refractivity contribution < 1.29 is 18.0 Å². The third-order valence-electron chi connectivity index (χ3n) is 4.74. The molecule has 31 heavy (non-hydrogen) atoms. The minimum absolute atomic E-state index is 0.251. The number of H-pyrrole nitrogens is 1. The lowest BCUT2D eigenvalue weighted by Crippen LogP contribution is -2.12. The summed E-state index contributed by atoms with van der Waals surface area (Å²) in [6.45, 7) is 0. The van der Waals surface area contributed by atoms with E-state index in [1.54, 1.807) is 18.2 Å². The first-order valence-electron chi connectivity index (χ1n) is 9.22. The van der Waals surface area contributed by atoms with Gasteiger partial charge in [-0.15, -0.1) is 0 Å². The summed E-state index contributed by atoms with van der Waals surface area (Å²) in [5, 5.41) is 3.24. The highest BCUT2D eigenvalue weighted by atomic mass is 32.1. The van der Waals surface area contributed by atoms with E-state index >= 15 is 0 Å². The number of halogens is 3. The first-order valence-corrected chi connectivity index (χ1v) is 10.0. The molecular formula is C22H13F3N4OS. The first-order chi connectivity index (χ1) is 14.9. The first kappa shape index (κ1) is 19.3. The van der Waals surface area contributed by atoms with E-state index in [9.17, 15) is 18.0 Å². The van der Waals surface area contributed by atoms with E-state index in [-0.39, 0.29) is 11.4 Å². The Labute approximate surface area is 177 Å².